The minimum Gasteiger partial charge on any atom is -0.490 e. The van der Waals surface area contributed by atoms with Gasteiger partial charge in [0.1, 0.15) is 12.4 Å². The topological polar surface area (TPSA) is 59.9 Å². The van der Waals surface area contributed by atoms with E-state index in [9.17, 15) is 9.18 Å². The number of halogens is 2. The molecular formula is C19H18ClFN2O3. The molecule has 136 valence electrons. The molecule has 0 spiro atoms. The van der Waals surface area contributed by atoms with Crippen molar-refractivity contribution < 1.29 is 18.7 Å². The number of nitrogens with zero attached hydrogens (tertiary/aromatic N) is 1. The molecule has 0 saturated carbocycles. The third kappa shape index (κ3) is 5.32. The Bertz CT molecular complexity index is 807. The van der Waals surface area contributed by atoms with Gasteiger partial charge in [-0.25, -0.2) is 9.82 Å². The van der Waals surface area contributed by atoms with Gasteiger partial charge in [0.05, 0.1) is 17.8 Å². The van der Waals surface area contributed by atoms with E-state index in [1.165, 1.54) is 30.5 Å². The number of nitrogens with one attached hydrogen (secondary N) is 1. The molecule has 0 aliphatic heterocycles. The second-order valence-corrected chi connectivity index (χ2v) is 5.48. The van der Waals surface area contributed by atoms with Crippen LogP contribution in [-0.4, -0.2) is 25.3 Å². The van der Waals surface area contributed by atoms with Gasteiger partial charge < -0.3 is 9.47 Å². The minimum atomic E-state index is -0.455. The average Bonchev–Trinajstić information content (AvgIpc) is 2.62. The molecule has 2 rings (SSSR count). The summed E-state index contributed by atoms with van der Waals surface area (Å²) >= 11 is 6.23. The summed E-state index contributed by atoms with van der Waals surface area (Å²) in [5.41, 5.74) is 3.28. The number of hydrazone groups is 1. The summed E-state index contributed by atoms with van der Waals surface area (Å²) in [6.45, 7) is 6.16. The van der Waals surface area contributed by atoms with Crippen LogP contribution in [-0.2, 0) is 0 Å². The van der Waals surface area contributed by atoms with Gasteiger partial charge in [0.2, 0.25) is 0 Å². The number of benzene rings is 2. The first-order valence-corrected chi connectivity index (χ1v) is 8.22. The molecule has 5 nitrogen and oxygen atoms in total. The zero-order chi connectivity index (χ0) is 18.9. The predicted molar refractivity (Wildman–Crippen MR) is 99.8 cm³/mol. The summed E-state index contributed by atoms with van der Waals surface area (Å²) in [7, 11) is 0. The van der Waals surface area contributed by atoms with E-state index < -0.39 is 11.7 Å². The molecular weight excluding hydrogens is 359 g/mol. The van der Waals surface area contributed by atoms with Gasteiger partial charge in [-0.2, -0.15) is 5.10 Å². The Labute approximate surface area is 156 Å². The average molecular weight is 377 g/mol. The van der Waals surface area contributed by atoms with Crippen LogP contribution in [0.3, 0.4) is 0 Å². The molecule has 2 aromatic rings. The lowest BCUT2D eigenvalue weighted by Gasteiger charge is -2.13. The fraction of sp³-hybridized carbons (Fsp3) is 0.158. The van der Waals surface area contributed by atoms with Crippen LogP contribution in [0.1, 0.15) is 22.8 Å². The predicted octanol–water partition coefficient (Wildman–Crippen LogP) is 4.21. The number of carbonyl (C=O) groups excluding carboxylic acids is 1. The molecule has 7 heteroatoms. The first kappa shape index (κ1) is 19.5. The molecule has 1 N–H and O–H groups in total. The van der Waals surface area contributed by atoms with Crippen molar-refractivity contribution >= 4 is 23.7 Å². The zero-order valence-electron chi connectivity index (χ0n) is 14.2. The van der Waals surface area contributed by atoms with Crippen molar-refractivity contribution in [3.05, 3.63) is 71.0 Å². The van der Waals surface area contributed by atoms with E-state index in [0.29, 0.717) is 40.9 Å². The van der Waals surface area contributed by atoms with Gasteiger partial charge in [0.15, 0.2) is 11.5 Å². The minimum absolute atomic E-state index is 0.293. The highest BCUT2D eigenvalue weighted by Crippen LogP contribution is 2.36. The van der Waals surface area contributed by atoms with Crippen molar-refractivity contribution in [3.8, 4) is 11.5 Å². The maximum absolute atomic E-state index is 12.9. The Morgan fingerprint density at radius 1 is 1.31 bits per heavy atom. The van der Waals surface area contributed by atoms with Gasteiger partial charge in [0, 0.05) is 5.56 Å². The zero-order valence-corrected chi connectivity index (χ0v) is 14.9. The van der Waals surface area contributed by atoms with E-state index in [4.69, 9.17) is 21.1 Å². The SMILES string of the molecule is C=CCOc1c(Cl)cc(/C=N\NC(=O)c2ccc(F)cc2)cc1OCC. The van der Waals surface area contributed by atoms with Crippen LogP contribution in [0, 0.1) is 5.82 Å². The fourth-order valence-corrected chi connectivity index (χ4v) is 2.31. The highest BCUT2D eigenvalue weighted by Gasteiger charge is 2.12. The van der Waals surface area contributed by atoms with E-state index in [2.05, 4.69) is 17.1 Å². The molecule has 0 bridgehead atoms. The largest absolute Gasteiger partial charge is 0.490 e. The highest BCUT2D eigenvalue weighted by molar-refractivity contribution is 6.32. The molecule has 0 aliphatic carbocycles. The van der Waals surface area contributed by atoms with E-state index in [1.54, 1.807) is 18.2 Å². The Morgan fingerprint density at radius 2 is 2.04 bits per heavy atom. The van der Waals surface area contributed by atoms with Crippen LogP contribution < -0.4 is 14.9 Å². The number of hydrogen-bond donors (Lipinski definition) is 1. The van der Waals surface area contributed by atoms with Crippen LogP contribution in [0.5, 0.6) is 11.5 Å². The molecule has 0 saturated heterocycles. The van der Waals surface area contributed by atoms with E-state index in [0.717, 1.165) is 0 Å². The molecule has 0 unspecified atom stereocenters. The lowest BCUT2D eigenvalue weighted by atomic mass is 10.2. The first-order chi connectivity index (χ1) is 12.5. The summed E-state index contributed by atoms with van der Waals surface area (Å²) in [5, 5.41) is 4.24. The summed E-state index contributed by atoms with van der Waals surface area (Å²) in [6.07, 6.45) is 3.03. The van der Waals surface area contributed by atoms with Gasteiger partial charge in [-0.15, -0.1) is 0 Å². The van der Waals surface area contributed by atoms with Gasteiger partial charge >= 0.3 is 0 Å². The van der Waals surface area contributed by atoms with Crippen molar-refractivity contribution in [1.29, 1.82) is 0 Å². The normalized spacial score (nSPS) is 10.6. The molecule has 2 aromatic carbocycles. The molecule has 0 radical (unpaired) electrons. The van der Waals surface area contributed by atoms with Crippen molar-refractivity contribution in [1.82, 2.24) is 5.43 Å². The molecule has 0 fully saturated rings. The number of hydrogen-bond acceptors (Lipinski definition) is 4. The number of carbonyl (C=O) groups is 1. The fourth-order valence-electron chi connectivity index (χ4n) is 2.04. The number of rotatable bonds is 8. The summed E-state index contributed by atoms with van der Waals surface area (Å²) in [4.78, 5) is 11.9. The second kappa shape index (κ2) is 9.58. The smallest absolute Gasteiger partial charge is 0.271 e. The van der Waals surface area contributed by atoms with Crippen LogP contribution >= 0.6 is 11.6 Å². The molecule has 26 heavy (non-hydrogen) atoms. The van der Waals surface area contributed by atoms with Crippen molar-refractivity contribution in [2.75, 3.05) is 13.2 Å². The Kier molecular flexibility index (Phi) is 7.17. The Balaban J connectivity index is 2.12. The maximum Gasteiger partial charge on any atom is 0.271 e. The summed E-state index contributed by atoms with van der Waals surface area (Å²) < 4.78 is 23.9. The van der Waals surface area contributed by atoms with Crippen LogP contribution in [0.15, 0.2) is 54.2 Å². The van der Waals surface area contributed by atoms with Gasteiger partial charge in [-0.3, -0.25) is 4.79 Å². The quantitative estimate of drug-likeness (QED) is 0.426. The third-order valence-electron chi connectivity index (χ3n) is 3.16. The Hall–Kier alpha value is -2.86. The lowest BCUT2D eigenvalue weighted by Crippen LogP contribution is -2.17. The van der Waals surface area contributed by atoms with Crippen molar-refractivity contribution in [2.45, 2.75) is 6.92 Å². The summed E-state index contributed by atoms with van der Waals surface area (Å²) in [5.74, 6) is 0.0132. The van der Waals surface area contributed by atoms with Gasteiger partial charge in [-0.1, -0.05) is 24.3 Å². The molecule has 0 aromatic heterocycles. The van der Waals surface area contributed by atoms with Crippen LogP contribution in [0.25, 0.3) is 0 Å². The van der Waals surface area contributed by atoms with Crippen LogP contribution in [0.4, 0.5) is 4.39 Å². The third-order valence-corrected chi connectivity index (χ3v) is 3.44. The van der Waals surface area contributed by atoms with E-state index in [-0.39, 0.29) is 0 Å². The van der Waals surface area contributed by atoms with Crippen molar-refractivity contribution in [3.63, 3.8) is 0 Å². The summed E-state index contributed by atoms with van der Waals surface area (Å²) in [6, 6.07) is 8.48. The molecule has 0 atom stereocenters. The maximum atomic E-state index is 12.9. The number of ether oxygens (including phenoxy) is 2. The first-order valence-electron chi connectivity index (χ1n) is 7.84. The molecule has 0 aliphatic rings. The highest BCUT2D eigenvalue weighted by atomic mass is 35.5. The Morgan fingerprint density at radius 3 is 2.69 bits per heavy atom. The molecule has 0 heterocycles. The second-order valence-electron chi connectivity index (χ2n) is 5.07. The van der Waals surface area contributed by atoms with Gasteiger partial charge in [0.25, 0.3) is 5.91 Å². The van der Waals surface area contributed by atoms with E-state index in [1.807, 2.05) is 6.92 Å². The van der Waals surface area contributed by atoms with Gasteiger partial charge in [-0.05, 0) is 48.9 Å². The van der Waals surface area contributed by atoms with E-state index >= 15 is 0 Å². The monoisotopic (exact) mass is 376 g/mol. The standard InChI is InChI=1S/C19H18ClFN2O3/c1-3-9-26-18-16(20)10-13(11-17(18)25-4-2)12-22-23-19(24)14-5-7-15(21)8-6-14/h3,5-8,10-12H,1,4,9H2,2H3,(H,23,24)/b22-12-. The number of amides is 1. The van der Waals surface area contributed by atoms with Crippen molar-refractivity contribution in [2.24, 2.45) is 5.10 Å². The van der Waals surface area contributed by atoms with Crippen LogP contribution in [0.2, 0.25) is 5.02 Å². The lowest BCUT2D eigenvalue weighted by molar-refractivity contribution is 0.0955. The molecule has 1 amide bonds.